The van der Waals surface area contributed by atoms with E-state index in [0.717, 1.165) is 5.92 Å². The number of hydrogen-bond acceptors (Lipinski definition) is 1. The Kier molecular flexibility index (Phi) is 3.12. The quantitative estimate of drug-likeness (QED) is 0.674. The van der Waals surface area contributed by atoms with Crippen LogP contribution in [0.2, 0.25) is 0 Å². The van der Waals surface area contributed by atoms with Crippen molar-refractivity contribution in [3.63, 3.8) is 0 Å². The summed E-state index contributed by atoms with van der Waals surface area (Å²) >= 11 is 0. The maximum atomic E-state index is 10.9. The average molecular weight is 169 g/mol. The van der Waals surface area contributed by atoms with E-state index in [2.05, 4.69) is 6.92 Å². The zero-order chi connectivity index (χ0) is 9.14. The van der Waals surface area contributed by atoms with Crippen LogP contribution < -0.4 is 5.73 Å². The largest absolute Gasteiger partial charge is 0.369 e. The molecule has 1 saturated carbocycles. The summed E-state index contributed by atoms with van der Waals surface area (Å²) in [6, 6.07) is 0. The Hall–Kier alpha value is -0.530. The molecule has 1 aliphatic rings. The van der Waals surface area contributed by atoms with Crippen molar-refractivity contribution in [2.24, 2.45) is 23.5 Å². The van der Waals surface area contributed by atoms with Gasteiger partial charge in [0.05, 0.1) is 0 Å². The van der Waals surface area contributed by atoms with Gasteiger partial charge in [0, 0.05) is 5.92 Å². The molecule has 12 heavy (non-hydrogen) atoms. The second-order valence-electron chi connectivity index (χ2n) is 4.21. The van der Waals surface area contributed by atoms with Gasteiger partial charge in [-0.05, 0) is 24.7 Å². The van der Waals surface area contributed by atoms with Crippen molar-refractivity contribution in [3.8, 4) is 0 Å². The first-order valence-electron chi connectivity index (χ1n) is 4.90. The lowest BCUT2D eigenvalue weighted by atomic mass is 9.77. The van der Waals surface area contributed by atoms with Gasteiger partial charge in [-0.3, -0.25) is 4.79 Å². The molecular formula is C10H19NO. The van der Waals surface area contributed by atoms with Gasteiger partial charge in [0.1, 0.15) is 0 Å². The van der Waals surface area contributed by atoms with Crippen molar-refractivity contribution < 1.29 is 4.79 Å². The highest BCUT2D eigenvalue weighted by Crippen LogP contribution is 2.32. The van der Waals surface area contributed by atoms with Gasteiger partial charge in [-0.1, -0.05) is 26.7 Å². The fourth-order valence-electron chi connectivity index (χ4n) is 2.02. The van der Waals surface area contributed by atoms with Gasteiger partial charge < -0.3 is 5.73 Å². The van der Waals surface area contributed by atoms with Crippen LogP contribution in [0.1, 0.15) is 39.5 Å². The molecule has 70 valence electrons. The number of carbonyl (C=O) groups excluding carboxylic acids is 1. The van der Waals surface area contributed by atoms with Crippen LogP contribution in [0.5, 0.6) is 0 Å². The third kappa shape index (κ3) is 2.23. The van der Waals surface area contributed by atoms with Gasteiger partial charge in [0.25, 0.3) is 0 Å². The molecule has 1 atom stereocenters. The van der Waals surface area contributed by atoms with Gasteiger partial charge in [-0.25, -0.2) is 0 Å². The van der Waals surface area contributed by atoms with Crippen LogP contribution >= 0.6 is 0 Å². The Bertz CT molecular complexity index is 159. The van der Waals surface area contributed by atoms with Crippen molar-refractivity contribution in [3.05, 3.63) is 0 Å². The molecule has 1 aliphatic carbocycles. The lowest BCUT2D eigenvalue weighted by Gasteiger charge is -2.29. The molecule has 1 unspecified atom stereocenters. The molecule has 1 rings (SSSR count). The van der Waals surface area contributed by atoms with Crippen molar-refractivity contribution in [2.75, 3.05) is 0 Å². The molecule has 0 saturated heterocycles. The molecule has 0 aromatic heterocycles. The van der Waals surface area contributed by atoms with E-state index in [1.165, 1.54) is 25.7 Å². The summed E-state index contributed by atoms with van der Waals surface area (Å²) in [5.41, 5.74) is 5.26. The number of nitrogens with two attached hydrogens (primary N) is 1. The fraction of sp³-hybridized carbons (Fsp3) is 0.900. The number of primary amides is 1. The Morgan fingerprint density at radius 1 is 1.33 bits per heavy atom. The number of amides is 1. The van der Waals surface area contributed by atoms with Gasteiger partial charge in [-0.2, -0.15) is 0 Å². The van der Waals surface area contributed by atoms with Crippen LogP contribution in [0.25, 0.3) is 0 Å². The highest BCUT2D eigenvalue weighted by atomic mass is 16.1. The molecule has 0 spiro atoms. The fourth-order valence-corrected chi connectivity index (χ4v) is 2.02. The minimum Gasteiger partial charge on any atom is -0.369 e. The van der Waals surface area contributed by atoms with Crippen LogP contribution in [-0.4, -0.2) is 5.91 Å². The predicted octanol–water partition coefficient (Wildman–Crippen LogP) is 1.93. The smallest absolute Gasteiger partial charge is 0.220 e. The average Bonchev–Trinajstić information content (AvgIpc) is 2.04. The molecule has 0 aromatic rings. The lowest BCUT2D eigenvalue weighted by molar-refractivity contribution is -0.123. The van der Waals surface area contributed by atoms with E-state index in [4.69, 9.17) is 5.73 Å². The Morgan fingerprint density at radius 2 is 1.83 bits per heavy atom. The molecule has 2 N–H and O–H groups in total. The summed E-state index contributed by atoms with van der Waals surface area (Å²) in [6.07, 6.45) is 4.90. The van der Waals surface area contributed by atoms with Crippen molar-refractivity contribution in [1.29, 1.82) is 0 Å². The Labute approximate surface area is 74.5 Å². The van der Waals surface area contributed by atoms with E-state index >= 15 is 0 Å². The normalized spacial score (nSPS) is 32.8. The van der Waals surface area contributed by atoms with Crippen LogP contribution in [0, 0.1) is 17.8 Å². The lowest BCUT2D eigenvalue weighted by Crippen LogP contribution is -2.29. The first-order chi connectivity index (χ1) is 5.61. The number of carbonyl (C=O) groups is 1. The maximum absolute atomic E-state index is 10.9. The number of hydrogen-bond donors (Lipinski definition) is 1. The molecule has 0 aromatic carbocycles. The summed E-state index contributed by atoms with van der Waals surface area (Å²) in [5, 5.41) is 0. The minimum atomic E-state index is -0.130. The van der Waals surface area contributed by atoms with E-state index in [0.29, 0.717) is 5.92 Å². The summed E-state index contributed by atoms with van der Waals surface area (Å²) in [4.78, 5) is 10.9. The van der Waals surface area contributed by atoms with Crippen molar-refractivity contribution in [1.82, 2.24) is 0 Å². The minimum absolute atomic E-state index is 0.0810. The Morgan fingerprint density at radius 3 is 2.25 bits per heavy atom. The second-order valence-corrected chi connectivity index (χ2v) is 4.21. The highest BCUT2D eigenvalue weighted by molar-refractivity contribution is 5.76. The number of rotatable bonds is 2. The Balaban J connectivity index is 2.39. The molecule has 0 aliphatic heterocycles. The third-order valence-electron chi connectivity index (χ3n) is 3.22. The van der Waals surface area contributed by atoms with Crippen LogP contribution in [0.15, 0.2) is 0 Å². The molecular weight excluding hydrogens is 150 g/mol. The molecule has 1 amide bonds. The van der Waals surface area contributed by atoms with E-state index in [1.807, 2.05) is 6.92 Å². The highest BCUT2D eigenvalue weighted by Gasteiger charge is 2.25. The summed E-state index contributed by atoms with van der Waals surface area (Å²) in [6.45, 7) is 4.24. The van der Waals surface area contributed by atoms with Gasteiger partial charge in [0.15, 0.2) is 0 Å². The monoisotopic (exact) mass is 169 g/mol. The van der Waals surface area contributed by atoms with E-state index < -0.39 is 0 Å². The summed E-state index contributed by atoms with van der Waals surface area (Å²) in [5.74, 6) is 1.35. The predicted molar refractivity (Wildman–Crippen MR) is 49.5 cm³/mol. The summed E-state index contributed by atoms with van der Waals surface area (Å²) in [7, 11) is 0. The topological polar surface area (TPSA) is 43.1 Å². The SMILES string of the molecule is CC1CCC(C(C)C(N)=O)CC1. The van der Waals surface area contributed by atoms with E-state index in [1.54, 1.807) is 0 Å². The molecule has 0 heterocycles. The molecule has 0 bridgehead atoms. The zero-order valence-electron chi connectivity index (χ0n) is 8.05. The molecule has 2 heteroatoms. The van der Waals surface area contributed by atoms with E-state index in [-0.39, 0.29) is 11.8 Å². The first-order valence-corrected chi connectivity index (χ1v) is 4.90. The van der Waals surface area contributed by atoms with Crippen LogP contribution in [0.3, 0.4) is 0 Å². The molecule has 0 radical (unpaired) electrons. The molecule has 1 fully saturated rings. The van der Waals surface area contributed by atoms with E-state index in [9.17, 15) is 4.79 Å². The standard InChI is InChI=1S/C10H19NO/c1-7-3-5-9(6-4-7)8(2)10(11)12/h7-9H,3-6H2,1-2H3,(H2,11,12). The second kappa shape index (κ2) is 3.92. The van der Waals surface area contributed by atoms with Crippen LogP contribution in [-0.2, 0) is 4.79 Å². The van der Waals surface area contributed by atoms with Crippen molar-refractivity contribution >= 4 is 5.91 Å². The van der Waals surface area contributed by atoms with Gasteiger partial charge in [-0.15, -0.1) is 0 Å². The first kappa shape index (κ1) is 9.56. The van der Waals surface area contributed by atoms with Crippen LogP contribution in [0.4, 0.5) is 0 Å². The third-order valence-corrected chi connectivity index (χ3v) is 3.22. The van der Waals surface area contributed by atoms with Gasteiger partial charge >= 0.3 is 0 Å². The van der Waals surface area contributed by atoms with Crippen molar-refractivity contribution in [2.45, 2.75) is 39.5 Å². The summed E-state index contributed by atoms with van der Waals surface area (Å²) < 4.78 is 0. The van der Waals surface area contributed by atoms with Gasteiger partial charge in [0.2, 0.25) is 5.91 Å². The molecule has 2 nitrogen and oxygen atoms in total. The zero-order valence-corrected chi connectivity index (χ0v) is 8.05. The maximum Gasteiger partial charge on any atom is 0.220 e.